The van der Waals surface area contributed by atoms with E-state index in [9.17, 15) is 14.7 Å². The number of fused-ring (bicyclic) bond motifs is 5. The average molecular weight is 288 g/mol. The highest BCUT2D eigenvalue weighted by atomic mass is 16.3. The van der Waals surface area contributed by atoms with Crippen molar-refractivity contribution in [1.29, 1.82) is 0 Å². The monoisotopic (exact) mass is 288 g/mol. The Morgan fingerprint density at radius 3 is 2.76 bits per heavy atom. The third-order valence-electron chi connectivity index (χ3n) is 7.09. The second kappa shape index (κ2) is 4.52. The lowest BCUT2D eigenvalue weighted by Gasteiger charge is -2.52. The van der Waals surface area contributed by atoms with Crippen molar-refractivity contribution in [3.63, 3.8) is 0 Å². The molecule has 0 aromatic carbocycles. The van der Waals surface area contributed by atoms with Gasteiger partial charge in [0.15, 0.2) is 5.78 Å². The van der Waals surface area contributed by atoms with Crippen LogP contribution in [0.25, 0.3) is 0 Å². The zero-order valence-corrected chi connectivity index (χ0v) is 12.7. The van der Waals surface area contributed by atoms with Gasteiger partial charge >= 0.3 is 0 Å². The van der Waals surface area contributed by atoms with E-state index >= 15 is 0 Å². The van der Waals surface area contributed by atoms with Crippen molar-refractivity contribution < 1.29 is 14.7 Å². The molecule has 3 saturated carbocycles. The molecule has 1 N–H and O–H groups in total. The molecule has 0 unspecified atom stereocenters. The van der Waals surface area contributed by atoms with Crippen LogP contribution in [0.15, 0.2) is 11.6 Å². The molecule has 21 heavy (non-hydrogen) atoms. The Labute approximate surface area is 125 Å². The molecule has 0 aromatic heterocycles. The van der Waals surface area contributed by atoms with E-state index < -0.39 is 6.10 Å². The van der Waals surface area contributed by atoms with Gasteiger partial charge < -0.3 is 5.11 Å². The highest BCUT2D eigenvalue weighted by molar-refractivity contribution is 5.95. The number of rotatable bonds is 0. The van der Waals surface area contributed by atoms with Crippen molar-refractivity contribution in [2.24, 2.45) is 29.1 Å². The number of hydrogen-bond acceptors (Lipinski definition) is 3. The van der Waals surface area contributed by atoms with Crippen LogP contribution in [0.2, 0.25) is 0 Å². The van der Waals surface area contributed by atoms with E-state index in [-0.39, 0.29) is 11.2 Å². The largest absolute Gasteiger partial charge is 0.385 e. The van der Waals surface area contributed by atoms with Crippen LogP contribution >= 0.6 is 0 Å². The van der Waals surface area contributed by atoms with Crippen molar-refractivity contribution >= 4 is 11.6 Å². The molecular formula is C18H24O3. The van der Waals surface area contributed by atoms with Gasteiger partial charge in [-0.25, -0.2) is 0 Å². The zero-order chi connectivity index (χ0) is 14.8. The van der Waals surface area contributed by atoms with Gasteiger partial charge in [0.2, 0.25) is 0 Å². The summed E-state index contributed by atoms with van der Waals surface area (Å²) in [5.41, 5.74) is 1.20. The molecule has 4 aliphatic rings. The van der Waals surface area contributed by atoms with Gasteiger partial charge in [0.05, 0.1) is 0 Å². The van der Waals surface area contributed by atoms with Crippen molar-refractivity contribution in [2.45, 2.75) is 58.0 Å². The van der Waals surface area contributed by atoms with Crippen molar-refractivity contribution in [3.8, 4) is 0 Å². The molecule has 3 fully saturated rings. The van der Waals surface area contributed by atoms with Crippen molar-refractivity contribution in [3.05, 3.63) is 11.6 Å². The van der Waals surface area contributed by atoms with E-state index in [1.807, 2.05) is 0 Å². The maximum Gasteiger partial charge on any atom is 0.184 e. The fourth-order valence-electron chi connectivity index (χ4n) is 5.94. The summed E-state index contributed by atoms with van der Waals surface area (Å²) in [6, 6.07) is 0. The lowest BCUT2D eigenvalue weighted by Crippen LogP contribution is -2.47. The van der Waals surface area contributed by atoms with Gasteiger partial charge in [0.1, 0.15) is 11.9 Å². The smallest absolute Gasteiger partial charge is 0.184 e. The minimum absolute atomic E-state index is 0.0779. The summed E-state index contributed by atoms with van der Waals surface area (Å²) in [6.45, 7) is 2.19. The first-order chi connectivity index (χ1) is 10.0. The fraction of sp³-hybridized carbons (Fsp3) is 0.778. The molecule has 114 valence electrons. The third kappa shape index (κ3) is 1.82. The number of Topliss-reactive ketones (excluding diaryl/α,β-unsaturated/α-hetero) is 1. The van der Waals surface area contributed by atoms with E-state index in [1.54, 1.807) is 6.08 Å². The molecule has 6 atom stereocenters. The fourth-order valence-corrected chi connectivity index (χ4v) is 5.94. The van der Waals surface area contributed by atoms with E-state index in [0.29, 0.717) is 35.9 Å². The lowest BCUT2D eigenvalue weighted by atomic mass is 9.52. The number of ketones is 2. The molecule has 0 aromatic rings. The molecule has 0 radical (unpaired) electrons. The molecule has 0 spiro atoms. The first-order valence-corrected chi connectivity index (χ1v) is 8.46. The van der Waals surface area contributed by atoms with Crippen LogP contribution in [0.3, 0.4) is 0 Å². The number of aliphatic hydroxyl groups excluding tert-OH is 1. The van der Waals surface area contributed by atoms with Gasteiger partial charge in [0, 0.05) is 11.8 Å². The second-order valence-corrected chi connectivity index (χ2v) is 7.87. The lowest BCUT2D eigenvalue weighted by molar-refractivity contribution is -0.131. The van der Waals surface area contributed by atoms with Crippen LogP contribution in [0, 0.1) is 29.1 Å². The van der Waals surface area contributed by atoms with Gasteiger partial charge in [-0.3, -0.25) is 9.59 Å². The number of aliphatic hydroxyl groups is 1. The standard InChI is InChI=1S/C18H24O3/c1-18-7-6-11-12(14(18)4-5-17(18)21)3-2-10-8-15(19)16(20)9-13(10)11/h8,11-14,16,20H,2-7,9H2,1H3/t11-,12+,13-,14-,16-,18-/m0/s1. The first kappa shape index (κ1) is 13.7. The number of carbonyl (C=O) groups excluding carboxylic acids is 2. The molecule has 0 bridgehead atoms. The quantitative estimate of drug-likeness (QED) is 0.745. The summed E-state index contributed by atoms with van der Waals surface area (Å²) in [4.78, 5) is 24.0. The molecular weight excluding hydrogens is 264 g/mol. The van der Waals surface area contributed by atoms with E-state index in [1.165, 1.54) is 5.57 Å². The number of allylic oxidation sites excluding steroid dienone is 1. The molecule has 4 rings (SSSR count). The SMILES string of the molecule is C[C@]12CC[C@H]3[C@@H](CCC4=CC(=O)[C@@H](O)C[C@@H]43)[C@@H]1CCC2=O. The van der Waals surface area contributed by atoms with Crippen LogP contribution in [0.1, 0.15) is 51.9 Å². The maximum atomic E-state index is 12.3. The van der Waals surface area contributed by atoms with Gasteiger partial charge in [0.25, 0.3) is 0 Å². The zero-order valence-electron chi connectivity index (χ0n) is 12.7. The molecule has 0 saturated heterocycles. The number of hydrogen-bond donors (Lipinski definition) is 1. The minimum Gasteiger partial charge on any atom is -0.385 e. The molecule has 3 nitrogen and oxygen atoms in total. The van der Waals surface area contributed by atoms with Crippen LogP contribution in [0.4, 0.5) is 0 Å². The summed E-state index contributed by atoms with van der Waals surface area (Å²) in [6.07, 6.45) is 7.58. The van der Waals surface area contributed by atoms with Gasteiger partial charge in [-0.05, 0) is 68.3 Å². The van der Waals surface area contributed by atoms with Crippen molar-refractivity contribution in [1.82, 2.24) is 0 Å². The van der Waals surface area contributed by atoms with E-state index in [0.717, 1.165) is 38.5 Å². The summed E-state index contributed by atoms with van der Waals surface area (Å²) in [5.74, 6) is 2.51. The van der Waals surface area contributed by atoms with Gasteiger partial charge in [-0.15, -0.1) is 0 Å². The highest BCUT2D eigenvalue weighted by Gasteiger charge is 2.56. The van der Waals surface area contributed by atoms with E-state index in [4.69, 9.17) is 0 Å². The predicted molar refractivity (Wildman–Crippen MR) is 78.5 cm³/mol. The predicted octanol–water partition coefficient (Wildman–Crippen LogP) is 2.67. The van der Waals surface area contributed by atoms with Crippen LogP contribution in [0.5, 0.6) is 0 Å². The Kier molecular flexibility index (Phi) is 2.94. The van der Waals surface area contributed by atoms with Crippen molar-refractivity contribution in [2.75, 3.05) is 0 Å². The maximum absolute atomic E-state index is 12.3. The Balaban J connectivity index is 1.65. The summed E-state index contributed by atoms with van der Waals surface area (Å²) in [7, 11) is 0. The summed E-state index contributed by atoms with van der Waals surface area (Å²) < 4.78 is 0. The second-order valence-electron chi connectivity index (χ2n) is 7.87. The average Bonchev–Trinajstić information content (AvgIpc) is 2.76. The summed E-state index contributed by atoms with van der Waals surface area (Å²) in [5, 5.41) is 9.94. The first-order valence-electron chi connectivity index (χ1n) is 8.46. The highest BCUT2D eigenvalue weighted by Crippen LogP contribution is 2.60. The Hall–Kier alpha value is -0.960. The Morgan fingerprint density at radius 1 is 1.14 bits per heavy atom. The molecule has 4 aliphatic carbocycles. The molecule has 0 heterocycles. The van der Waals surface area contributed by atoms with Crippen LogP contribution in [-0.2, 0) is 9.59 Å². The number of carbonyl (C=O) groups is 2. The normalized spacial score (nSPS) is 49.2. The Bertz CT molecular complexity index is 535. The van der Waals surface area contributed by atoms with E-state index in [2.05, 4.69) is 6.92 Å². The summed E-state index contributed by atoms with van der Waals surface area (Å²) >= 11 is 0. The third-order valence-corrected chi connectivity index (χ3v) is 7.09. The minimum atomic E-state index is -0.795. The Morgan fingerprint density at radius 2 is 1.95 bits per heavy atom. The van der Waals surface area contributed by atoms with Gasteiger partial charge in [-0.1, -0.05) is 12.5 Å². The van der Waals surface area contributed by atoms with Crippen LogP contribution in [-0.4, -0.2) is 22.8 Å². The topological polar surface area (TPSA) is 54.4 Å². The molecule has 0 amide bonds. The molecule has 3 heteroatoms. The van der Waals surface area contributed by atoms with Crippen LogP contribution < -0.4 is 0 Å². The molecule has 0 aliphatic heterocycles. The van der Waals surface area contributed by atoms with Gasteiger partial charge in [-0.2, -0.15) is 0 Å².